The minimum atomic E-state index is -2.47. The van der Waals surface area contributed by atoms with Gasteiger partial charge >= 0.3 is 0 Å². The lowest BCUT2D eigenvalue weighted by atomic mass is 10.2. The average molecular weight is 231 g/mol. The van der Waals surface area contributed by atoms with Crippen LogP contribution in [0.2, 0.25) is 0 Å². The maximum absolute atomic E-state index is 12.3. The van der Waals surface area contributed by atoms with Crippen molar-refractivity contribution in [3.8, 4) is 0 Å². The molecule has 6 heteroatoms. The third-order valence-electron chi connectivity index (χ3n) is 2.16. The highest BCUT2D eigenvalue weighted by molar-refractivity contribution is 5.69. The molecule has 0 atom stereocenters. The van der Waals surface area contributed by atoms with Crippen LogP contribution in [0.4, 0.5) is 25.8 Å². The predicted octanol–water partition coefficient (Wildman–Crippen LogP) is 0.915. The van der Waals surface area contributed by atoms with Gasteiger partial charge in [0, 0.05) is 12.2 Å². The van der Waals surface area contributed by atoms with Crippen LogP contribution in [0.15, 0.2) is 18.2 Å². The lowest BCUT2D eigenvalue weighted by Gasteiger charge is -2.24. The lowest BCUT2D eigenvalue weighted by molar-refractivity contribution is 0.153. The first-order valence-electron chi connectivity index (χ1n) is 4.83. The number of hydrogen-bond donors (Lipinski definition) is 3. The fourth-order valence-electron chi connectivity index (χ4n) is 1.37. The smallest absolute Gasteiger partial charge is 0.255 e. The zero-order valence-corrected chi connectivity index (χ0v) is 8.74. The first-order chi connectivity index (χ1) is 7.54. The summed E-state index contributed by atoms with van der Waals surface area (Å²) < 4.78 is 24.6. The molecule has 0 spiro atoms. The Balaban J connectivity index is 2.87. The number of nitrogens with two attached hydrogens (primary N) is 2. The van der Waals surface area contributed by atoms with E-state index in [1.807, 2.05) is 0 Å². The van der Waals surface area contributed by atoms with Gasteiger partial charge in [-0.25, -0.2) is 8.78 Å². The molecule has 0 aliphatic carbocycles. The highest BCUT2D eigenvalue weighted by Crippen LogP contribution is 2.23. The molecule has 4 nitrogen and oxygen atoms in total. The van der Waals surface area contributed by atoms with Gasteiger partial charge in [0.1, 0.15) is 0 Å². The maximum atomic E-state index is 12.3. The fraction of sp³-hybridized carbons (Fsp3) is 0.400. The second kappa shape index (κ2) is 5.50. The van der Waals surface area contributed by atoms with Crippen LogP contribution in [0.3, 0.4) is 0 Å². The number of anilines is 3. The normalized spacial score (nSPS) is 10.8. The Labute approximate surface area is 92.5 Å². The topological polar surface area (TPSA) is 75.5 Å². The average Bonchev–Trinajstić information content (AvgIpc) is 2.21. The number of benzene rings is 1. The minimum absolute atomic E-state index is 0.133. The van der Waals surface area contributed by atoms with Crippen molar-refractivity contribution in [2.24, 2.45) is 0 Å². The summed E-state index contributed by atoms with van der Waals surface area (Å²) in [5, 5.41) is 8.79. The van der Waals surface area contributed by atoms with Crippen molar-refractivity contribution in [1.82, 2.24) is 0 Å². The van der Waals surface area contributed by atoms with Crippen LogP contribution in [0.1, 0.15) is 0 Å². The fourth-order valence-corrected chi connectivity index (χ4v) is 1.37. The van der Waals surface area contributed by atoms with Crippen LogP contribution in [0.25, 0.3) is 0 Å². The van der Waals surface area contributed by atoms with E-state index in [0.717, 1.165) is 0 Å². The molecule has 0 amide bonds. The summed E-state index contributed by atoms with van der Waals surface area (Å²) in [5.74, 6) is 0. The molecule has 16 heavy (non-hydrogen) atoms. The molecule has 0 aromatic heterocycles. The van der Waals surface area contributed by atoms with Crippen LogP contribution < -0.4 is 16.4 Å². The number of aliphatic hydroxyl groups is 1. The van der Waals surface area contributed by atoms with Crippen LogP contribution in [-0.2, 0) is 0 Å². The molecule has 0 saturated heterocycles. The summed E-state index contributed by atoms with van der Waals surface area (Å²) in [6.07, 6.45) is -2.47. The second-order valence-corrected chi connectivity index (χ2v) is 3.37. The summed E-state index contributed by atoms with van der Waals surface area (Å²) in [5.41, 5.74) is 12.4. The third kappa shape index (κ3) is 3.23. The van der Waals surface area contributed by atoms with Gasteiger partial charge in [-0.15, -0.1) is 0 Å². The molecular weight excluding hydrogens is 216 g/mol. The maximum Gasteiger partial charge on any atom is 0.255 e. The molecule has 90 valence electrons. The molecule has 0 aliphatic rings. The van der Waals surface area contributed by atoms with Crippen LogP contribution in [-0.4, -0.2) is 31.2 Å². The summed E-state index contributed by atoms with van der Waals surface area (Å²) in [4.78, 5) is 1.36. The van der Waals surface area contributed by atoms with Gasteiger partial charge in [0.25, 0.3) is 6.43 Å². The van der Waals surface area contributed by atoms with Gasteiger partial charge in [-0.2, -0.15) is 0 Å². The van der Waals surface area contributed by atoms with E-state index in [2.05, 4.69) is 0 Å². The molecule has 0 bridgehead atoms. The van der Waals surface area contributed by atoms with Gasteiger partial charge in [-0.05, 0) is 18.2 Å². The first-order valence-corrected chi connectivity index (χ1v) is 4.83. The molecule has 0 aliphatic heterocycles. The number of nitrogen functional groups attached to an aromatic ring is 2. The standard InChI is InChI=1S/C10H15F2N3O/c11-10(12)6-15(3-4-16)7-1-2-8(13)9(14)5-7/h1-2,5,10,16H,3-4,6,13-14H2. The van der Waals surface area contributed by atoms with Gasteiger partial charge in [0.05, 0.1) is 24.5 Å². The quantitative estimate of drug-likeness (QED) is 0.658. The Morgan fingerprint density at radius 3 is 2.44 bits per heavy atom. The van der Waals surface area contributed by atoms with Crippen molar-refractivity contribution < 1.29 is 13.9 Å². The molecule has 5 N–H and O–H groups in total. The van der Waals surface area contributed by atoms with E-state index < -0.39 is 13.0 Å². The molecule has 0 unspecified atom stereocenters. The second-order valence-electron chi connectivity index (χ2n) is 3.37. The van der Waals surface area contributed by atoms with E-state index in [0.29, 0.717) is 17.1 Å². The van der Waals surface area contributed by atoms with E-state index >= 15 is 0 Å². The Kier molecular flexibility index (Phi) is 4.30. The highest BCUT2D eigenvalue weighted by Gasteiger charge is 2.12. The molecule has 1 aromatic carbocycles. The number of aliphatic hydroxyl groups excluding tert-OH is 1. The number of halogens is 2. The minimum Gasteiger partial charge on any atom is -0.397 e. The van der Waals surface area contributed by atoms with Crippen molar-refractivity contribution >= 4 is 17.1 Å². The predicted molar refractivity (Wildman–Crippen MR) is 60.6 cm³/mol. The Morgan fingerprint density at radius 2 is 1.94 bits per heavy atom. The molecule has 0 saturated carbocycles. The number of hydrogen-bond acceptors (Lipinski definition) is 4. The zero-order valence-electron chi connectivity index (χ0n) is 8.74. The molecule has 1 rings (SSSR count). The molecule has 0 radical (unpaired) electrons. The molecule has 0 heterocycles. The van der Waals surface area contributed by atoms with Gasteiger partial charge in [-0.3, -0.25) is 0 Å². The Bertz CT molecular complexity index is 347. The van der Waals surface area contributed by atoms with E-state index in [1.165, 1.54) is 11.0 Å². The van der Waals surface area contributed by atoms with Crippen molar-refractivity contribution in [3.63, 3.8) is 0 Å². The van der Waals surface area contributed by atoms with Gasteiger partial charge in [-0.1, -0.05) is 0 Å². The summed E-state index contributed by atoms with van der Waals surface area (Å²) in [6.45, 7) is -0.505. The van der Waals surface area contributed by atoms with Crippen LogP contribution in [0, 0.1) is 0 Å². The van der Waals surface area contributed by atoms with E-state index in [4.69, 9.17) is 16.6 Å². The highest BCUT2D eigenvalue weighted by atomic mass is 19.3. The largest absolute Gasteiger partial charge is 0.397 e. The van der Waals surface area contributed by atoms with Crippen molar-refractivity contribution in [1.29, 1.82) is 0 Å². The van der Waals surface area contributed by atoms with E-state index in [9.17, 15) is 8.78 Å². The van der Waals surface area contributed by atoms with Crippen LogP contribution in [0.5, 0.6) is 0 Å². The first kappa shape index (κ1) is 12.5. The SMILES string of the molecule is Nc1ccc(N(CCO)CC(F)F)cc1N. The van der Waals surface area contributed by atoms with Gasteiger partial charge in [0.2, 0.25) is 0 Å². The third-order valence-corrected chi connectivity index (χ3v) is 2.16. The lowest BCUT2D eigenvalue weighted by Crippen LogP contribution is -2.31. The Morgan fingerprint density at radius 1 is 1.25 bits per heavy atom. The summed E-state index contributed by atoms with van der Waals surface area (Å²) >= 11 is 0. The van der Waals surface area contributed by atoms with Crippen molar-refractivity contribution in [3.05, 3.63) is 18.2 Å². The number of nitrogens with zero attached hydrogens (tertiary/aromatic N) is 1. The van der Waals surface area contributed by atoms with Gasteiger partial charge in [0.15, 0.2) is 0 Å². The zero-order chi connectivity index (χ0) is 12.1. The van der Waals surface area contributed by atoms with Crippen molar-refractivity contribution in [2.45, 2.75) is 6.43 Å². The molecule has 0 fully saturated rings. The summed E-state index contributed by atoms with van der Waals surface area (Å²) in [6, 6.07) is 4.68. The van der Waals surface area contributed by atoms with E-state index in [1.54, 1.807) is 12.1 Å². The number of rotatable bonds is 5. The number of alkyl halides is 2. The van der Waals surface area contributed by atoms with E-state index in [-0.39, 0.29) is 13.2 Å². The van der Waals surface area contributed by atoms with Crippen LogP contribution >= 0.6 is 0 Å². The molecular formula is C10H15F2N3O. The van der Waals surface area contributed by atoms with Crippen molar-refractivity contribution in [2.75, 3.05) is 36.1 Å². The Hall–Kier alpha value is -1.56. The summed E-state index contributed by atoms with van der Waals surface area (Å²) in [7, 11) is 0. The monoisotopic (exact) mass is 231 g/mol. The molecule has 1 aromatic rings. The van der Waals surface area contributed by atoms with Gasteiger partial charge < -0.3 is 21.5 Å².